The first kappa shape index (κ1) is 23.3. The molecule has 2 heterocycles. The lowest BCUT2D eigenvalue weighted by atomic mass is 9.96. The topological polar surface area (TPSA) is 67.3 Å². The average Bonchev–Trinajstić information content (AvgIpc) is 2.81. The van der Waals surface area contributed by atoms with E-state index in [-0.39, 0.29) is 23.8 Å². The standard InChI is InChI=1S/C23H30F3N3O2/c1-3-5-6-9-18(4-2)27-20-12-15-8-7-10-31-14-16-11-17(23(24,25)26)13-19(30)21(16)22(15)29-28-20/h11-13,18,30H,3-10,14H2,1-2H3,(H,27,28). The Kier molecular flexibility index (Phi) is 7.75. The van der Waals surface area contributed by atoms with E-state index in [1.54, 1.807) is 0 Å². The summed E-state index contributed by atoms with van der Waals surface area (Å²) in [5, 5.41) is 22.5. The minimum absolute atomic E-state index is 0.0245. The molecule has 1 aromatic heterocycles. The lowest BCUT2D eigenvalue weighted by molar-refractivity contribution is -0.137. The molecule has 0 amide bonds. The highest BCUT2D eigenvalue weighted by Crippen LogP contribution is 2.40. The normalized spacial score (nSPS) is 15.3. The van der Waals surface area contributed by atoms with E-state index < -0.39 is 17.5 Å². The van der Waals surface area contributed by atoms with E-state index in [4.69, 9.17) is 4.74 Å². The van der Waals surface area contributed by atoms with Crippen molar-refractivity contribution in [2.75, 3.05) is 11.9 Å². The zero-order chi connectivity index (χ0) is 22.4. The number of aromatic hydroxyl groups is 1. The van der Waals surface area contributed by atoms with Gasteiger partial charge in [-0.15, -0.1) is 10.2 Å². The summed E-state index contributed by atoms with van der Waals surface area (Å²) in [5.74, 6) is 0.188. The number of ether oxygens (including phenoxy) is 1. The Balaban J connectivity index is 1.96. The van der Waals surface area contributed by atoms with Gasteiger partial charge in [-0.1, -0.05) is 33.1 Å². The third-order valence-corrected chi connectivity index (χ3v) is 5.63. The molecule has 0 fully saturated rings. The fraction of sp³-hybridized carbons (Fsp3) is 0.565. The zero-order valence-corrected chi connectivity index (χ0v) is 18.1. The number of nitrogens with one attached hydrogen (secondary N) is 1. The Hall–Kier alpha value is -2.35. The summed E-state index contributed by atoms with van der Waals surface area (Å²) in [6.45, 7) is 4.68. The van der Waals surface area contributed by atoms with Crippen molar-refractivity contribution < 1.29 is 23.0 Å². The average molecular weight is 438 g/mol. The number of anilines is 1. The molecular formula is C23H30F3N3O2. The number of nitrogens with zero attached hydrogens (tertiary/aromatic N) is 2. The fourth-order valence-corrected chi connectivity index (χ4v) is 3.91. The largest absolute Gasteiger partial charge is 0.507 e. The van der Waals surface area contributed by atoms with Crippen LogP contribution >= 0.6 is 0 Å². The number of benzene rings is 1. The molecule has 1 aliphatic heterocycles. The molecule has 0 saturated carbocycles. The molecule has 31 heavy (non-hydrogen) atoms. The molecule has 0 aliphatic carbocycles. The summed E-state index contributed by atoms with van der Waals surface area (Å²) >= 11 is 0. The molecule has 1 atom stereocenters. The van der Waals surface area contributed by atoms with Gasteiger partial charge in [-0.25, -0.2) is 0 Å². The molecule has 1 aromatic carbocycles. The monoisotopic (exact) mass is 437 g/mol. The van der Waals surface area contributed by atoms with Crippen LogP contribution in [0.5, 0.6) is 5.75 Å². The van der Waals surface area contributed by atoms with E-state index in [2.05, 4.69) is 29.4 Å². The van der Waals surface area contributed by atoms with Crippen LogP contribution in [0.1, 0.15) is 69.1 Å². The van der Waals surface area contributed by atoms with Crippen LogP contribution in [0.4, 0.5) is 19.0 Å². The molecule has 0 radical (unpaired) electrons. The zero-order valence-electron chi connectivity index (χ0n) is 18.1. The van der Waals surface area contributed by atoms with Gasteiger partial charge in [0.1, 0.15) is 17.3 Å². The Labute approximate surface area is 181 Å². The number of aryl methyl sites for hydroxylation is 1. The van der Waals surface area contributed by atoms with Gasteiger partial charge >= 0.3 is 6.18 Å². The molecule has 2 N–H and O–H groups in total. The van der Waals surface area contributed by atoms with Crippen molar-refractivity contribution >= 4 is 5.82 Å². The molecule has 3 rings (SSSR count). The van der Waals surface area contributed by atoms with E-state index in [0.29, 0.717) is 31.0 Å². The minimum Gasteiger partial charge on any atom is -0.507 e. The van der Waals surface area contributed by atoms with Crippen LogP contribution < -0.4 is 5.32 Å². The Bertz CT molecular complexity index is 887. The summed E-state index contributed by atoms with van der Waals surface area (Å²) in [6.07, 6.45) is 2.26. The highest BCUT2D eigenvalue weighted by Gasteiger charge is 2.33. The molecule has 5 nitrogen and oxygen atoms in total. The lowest BCUT2D eigenvalue weighted by Crippen LogP contribution is -2.19. The van der Waals surface area contributed by atoms with Gasteiger partial charge in [0.2, 0.25) is 0 Å². The second-order valence-corrected chi connectivity index (χ2v) is 8.03. The first-order valence-corrected chi connectivity index (χ1v) is 11.0. The van der Waals surface area contributed by atoms with E-state index in [9.17, 15) is 18.3 Å². The van der Waals surface area contributed by atoms with E-state index in [1.807, 2.05) is 6.07 Å². The maximum atomic E-state index is 13.2. The second-order valence-electron chi connectivity index (χ2n) is 8.03. The van der Waals surface area contributed by atoms with Crippen LogP contribution in [0.15, 0.2) is 18.2 Å². The molecule has 0 spiro atoms. The first-order valence-electron chi connectivity index (χ1n) is 11.0. The maximum absolute atomic E-state index is 13.2. The van der Waals surface area contributed by atoms with E-state index in [0.717, 1.165) is 43.4 Å². The molecule has 8 heteroatoms. The number of unbranched alkanes of at least 4 members (excludes halogenated alkanes) is 2. The third-order valence-electron chi connectivity index (χ3n) is 5.63. The number of alkyl halides is 3. The fourth-order valence-electron chi connectivity index (χ4n) is 3.91. The van der Waals surface area contributed by atoms with E-state index in [1.165, 1.54) is 6.42 Å². The number of aromatic nitrogens is 2. The van der Waals surface area contributed by atoms with Crippen LogP contribution in [0.2, 0.25) is 0 Å². The maximum Gasteiger partial charge on any atom is 0.416 e. The van der Waals surface area contributed by atoms with Gasteiger partial charge in [0, 0.05) is 18.2 Å². The number of phenolic OH excluding ortho intramolecular Hbond substituents is 1. The number of hydrogen-bond donors (Lipinski definition) is 2. The van der Waals surface area contributed by atoms with Crippen molar-refractivity contribution in [3.05, 3.63) is 34.9 Å². The summed E-state index contributed by atoms with van der Waals surface area (Å²) < 4.78 is 45.2. The van der Waals surface area contributed by atoms with Crippen LogP contribution in [0.25, 0.3) is 11.3 Å². The number of rotatable bonds is 7. The van der Waals surface area contributed by atoms with Gasteiger partial charge in [-0.05, 0) is 55.0 Å². The molecule has 2 aromatic rings. The molecule has 1 unspecified atom stereocenters. The Morgan fingerprint density at radius 1 is 1.13 bits per heavy atom. The van der Waals surface area contributed by atoms with E-state index >= 15 is 0 Å². The molecule has 0 bridgehead atoms. The van der Waals surface area contributed by atoms with Gasteiger partial charge in [0.15, 0.2) is 0 Å². The Morgan fingerprint density at radius 3 is 2.65 bits per heavy atom. The van der Waals surface area contributed by atoms with Crippen molar-refractivity contribution in [1.29, 1.82) is 0 Å². The SMILES string of the molecule is CCCCCC(CC)Nc1cc2c(nn1)-c1c(O)cc(C(F)(F)F)cc1COCCC2. The highest BCUT2D eigenvalue weighted by molar-refractivity contribution is 5.74. The van der Waals surface area contributed by atoms with Crippen molar-refractivity contribution in [1.82, 2.24) is 10.2 Å². The van der Waals surface area contributed by atoms with Crippen molar-refractivity contribution in [2.24, 2.45) is 0 Å². The summed E-state index contributed by atoms with van der Waals surface area (Å²) in [5.41, 5.74) is 0.867. The van der Waals surface area contributed by atoms with Gasteiger partial charge in [-0.2, -0.15) is 13.2 Å². The van der Waals surface area contributed by atoms with Crippen molar-refractivity contribution in [2.45, 2.75) is 77.6 Å². The number of hydrogen-bond acceptors (Lipinski definition) is 5. The third kappa shape index (κ3) is 5.87. The molecule has 1 aliphatic rings. The quantitative estimate of drug-likeness (QED) is 0.512. The Morgan fingerprint density at radius 2 is 1.94 bits per heavy atom. The van der Waals surface area contributed by atoms with Crippen molar-refractivity contribution in [3.8, 4) is 17.0 Å². The van der Waals surface area contributed by atoms with Gasteiger partial charge in [-0.3, -0.25) is 0 Å². The number of phenols is 1. The molecular weight excluding hydrogens is 407 g/mol. The summed E-state index contributed by atoms with van der Waals surface area (Å²) in [6, 6.07) is 3.96. The minimum atomic E-state index is -4.56. The smallest absolute Gasteiger partial charge is 0.416 e. The van der Waals surface area contributed by atoms with Crippen LogP contribution in [-0.4, -0.2) is 28.0 Å². The summed E-state index contributed by atoms with van der Waals surface area (Å²) in [4.78, 5) is 0. The first-order chi connectivity index (χ1) is 14.8. The lowest BCUT2D eigenvalue weighted by Gasteiger charge is -2.19. The van der Waals surface area contributed by atoms with Crippen LogP contribution in [0.3, 0.4) is 0 Å². The highest BCUT2D eigenvalue weighted by atomic mass is 19.4. The predicted octanol–water partition coefficient (Wildman–Crippen LogP) is 6.10. The van der Waals surface area contributed by atoms with Gasteiger partial charge in [0.05, 0.1) is 12.2 Å². The van der Waals surface area contributed by atoms with Crippen LogP contribution in [-0.2, 0) is 23.9 Å². The van der Waals surface area contributed by atoms with Crippen molar-refractivity contribution in [3.63, 3.8) is 0 Å². The second kappa shape index (κ2) is 10.3. The predicted molar refractivity (Wildman–Crippen MR) is 114 cm³/mol. The molecule has 170 valence electrons. The number of fused-ring (bicyclic) bond motifs is 3. The molecule has 0 saturated heterocycles. The summed E-state index contributed by atoms with van der Waals surface area (Å²) in [7, 11) is 0. The van der Waals surface area contributed by atoms with Gasteiger partial charge < -0.3 is 15.2 Å². The number of halogens is 3. The van der Waals surface area contributed by atoms with Gasteiger partial charge in [0.25, 0.3) is 0 Å². The van der Waals surface area contributed by atoms with Crippen LogP contribution in [0, 0.1) is 0 Å².